The Hall–Kier alpha value is -0.990. The van der Waals surface area contributed by atoms with Crippen LogP contribution in [0.3, 0.4) is 0 Å². The van der Waals surface area contributed by atoms with Gasteiger partial charge in [0, 0.05) is 5.69 Å². The summed E-state index contributed by atoms with van der Waals surface area (Å²) >= 11 is 11.4. The van der Waals surface area contributed by atoms with E-state index in [2.05, 4.69) is 19.2 Å². The lowest BCUT2D eigenvalue weighted by molar-refractivity contribution is -0.118. The normalized spacial score (nSPS) is 23.1. The van der Waals surface area contributed by atoms with E-state index in [4.69, 9.17) is 23.2 Å². The first-order valence-corrected chi connectivity index (χ1v) is 7.40. The number of carbonyl (C=O) groups is 1. The Morgan fingerprint density at radius 2 is 1.90 bits per heavy atom. The molecule has 0 bridgehead atoms. The summed E-state index contributed by atoms with van der Waals surface area (Å²) in [6, 6.07) is 5.92. The average Bonchev–Trinajstić information content (AvgIpc) is 2.84. The van der Waals surface area contributed by atoms with Gasteiger partial charge in [-0.05, 0) is 54.5 Å². The molecule has 0 radical (unpaired) electrons. The fourth-order valence-electron chi connectivity index (χ4n) is 2.66. The van der Waals surface area contributed by atoms with Gasteiger partial charge >= 0.3 is 0 Å². The predicted molar refractivity (Wildman–Crippen MR) is 85.1 cm³/mol. The fourth-order valence-corrected chi connectivity index (χ4v) is 2.94. The third-order valence-corrected chi connectivity index (χ3v) is 4.53. The number of benzene rings is 1. The molecule has 2 atom stereocenters. The van der Waals surface area contributed by atoms with Crippen LogP contribution < -0.4 is 5.32 Å². The van der Waals surface area contributed by atoms with E-state index in [1.807, 2.05) is 32.0 Å². The van der Waals surface area contributed by atoms with Gasteiger partial charge in [-0.15, -0.1) is 0 Å². The average molecular weight is 312 g/mol. The Morgan fingerprint density at radius 3 is 2.45 bits per heavy atom. The summed E-state index contributed by atoms with van der Waals surface area (Å²) in [4.78, 5) is 12.4. The van der Waals surface area contributed by atoms with Crippen molar-refractivity contribution >= 4 is 34.8 Å². The van der Waals surface area contributed by atoms with Gasteiger partial charge in [-0.2, -0.15) is 0 Å². The van der Waals surface area contributed by atoms with Crippen LogP contribution in [0.15, 0.2) is 28.8 Å². The van der Waals surface area contributed by atoms with Crippen LogP contribution in [0.2, 0.25) is 0 Å². The van der Waals surface area contributed by atoms with E-state index < -0.39 is 0 Å². The van der Waals surface area contributed by atoms with E-state index in [1.54, 1.807) is 6.08 Å². The van der Waals surface area contributed by atoms with E-state index in [0.29, 0.717) is 0 Å². The summed E-state index contributed by atoms with van der Waals surface area (Å²) in [5.74, 6) is 0.0322. The minimum Gasteiger partial charge on any atom is -0.326 e. The zero-order chi connectivity index (χ0) is 15.1. The van der Waals surface area contributed by atoms with Gasteiger partial charge in [-0.3, -0.25) is 4.79 Å². The second kappa shape index (κ2) is 5.42. The largest absolute Gasteiger partial charge is 0.326 e. The topological polar surface area (TPSA) is 29.1 Å². The highest BCUT2D eigenvalue weighted by Crippen LogP contribution is 2.60. The van der Waals surface area contributed by atoms with E-state index in [0.717, 1.165) is 11.3 Å². The molecule has 0 saturated heterocycles. The van der Waals surface area contributed by atoms with Gasteiger partial charge in [0.05, 0.1) is 5.92 Å². The van der Waals surface area contributed by atoms with Gasteiger partial charge in [-0.1, -0.05) is 43.1 Å². The van der Waals surface area contributed by atoms with Gasteiger partial charge in [0.2, 0.25) is 5.91 Å². The van der Waals surface area contributed by atoms with Crippen LogP contribution in [0.5, 0.6) is 0 Å². The lowest BCUT2D eigenvalue weighted by Gasteiger charge is -2.08. The first-order valence-electron chi connectivity index (χ1n) is 6.64. The Balaban J connectivity index is 2.10. The van der Waals surface area contributed by atoms with Gasteiger partial charge in [0.15, 0.2) is 0 Å². The molecule has 1 fully saturated rings. The van der Waals surface area contributed by atoms with Crippen LogP contribution in [-0.2, 0) is 4.79 Å². The maximum absolute atomic E-state index is 12.4. The van der Waals surface area contributed by atoms with E-state index in [9.17, 15) is 4.79 Å². The number of amides is 1. The smallest absolute Gasteiger partial charge is 0.228 e. The van der Waals surface area contributed by atoms with Gasteiger partial charge < -0.3 is 5.32 Å². The van der Waals surface area contributed by atoms with Crippen LogP contribution in [-0.4, -0.2) is 5.91 Å². The second-order valence-corrected chi connectivity index (χ2v) is 7.08. The fraction of sp³-hybridized carbons (Fsp3) is 0.438. The highest BCUT2D eigenvalue weighted by Gasteiger charge is 2.60. The van der Waals surface area contributed by atoms with Crippen molar-refractivity contribution in [2.24, 2.45) is 17.3 Å². The number of halogens is 2. The van der Waals surface area contributed by atoms with Gasteiger partial charge in [-0.25, -0.2) is 0 Å². The summed E-state index contributed by atoms with van der Waals surface area (Å²) in [5, 5.41) is 2.98. The minimum atomic E-state index is -0.0984. The Morgan fingerprint density at radius 1 is 1.25 bits per heavy atom. The molecule has 0 aromatic heterocycles. The number of nitrogens with one attached hydrogen (secondary N) is 1. The van der Waals surface area contributed by atoms with Crippen molar-refractivity contribution in [3.8, 4) is 0 Å². The van der Waals surface area contributed by atoms with Gasteiger partial charge in [0.1, 0.15) is 4.49 Å². The van der Waals surface area contributed by atoms with Crippen LogP contribution in [0.25, 0.3) is 0 Å². The molecule has 1 aromatic carbocycles. The molecule has 108 valence electrons. The van der Waals surface area contributed by atoms with Crippen molar-refractivity contribution in [2.75, 3.05) is 5.32 Å². The molecule has 2 nitrogen and oxygen atoms in total. The first kappa shape index (κ1) is 15.4. The van der Waals surface area contributed by atoms with Crippen molar-refractivity contribution in [3.05, 3.63) is 39.9 Å². The van der Waals surface area contributed by atoms with E-state index in [-0.39, 0.29) is 27.6 Å². The number of allylic oxidation sites excluding steroid dienone is 1. The molecule has 20 heavy (non-hydrogen) atoms. The van der Waals surface area contributed by atoms with Crippen molar-refractivity contribution in [1.82, 2.24) is 0 Å². The molecule has 1 aromatic rings. The monoisotopic (exact) mass is 311 g/mol. The summed E-state index contributed by atoms with van der Waals surface area (Å²) in [7, 11) is 0. The van der Waals surface area contributed by atoms with Crippen LogP contribution in [0.1, 0.15) is 25.0 Å². The molecule has 2 rings (SSSR count). The number of rotatable bonds is 3. The van der Waals surface area contributed by atoms with Crippen molar-refractivity contribution in [2.45, 2.75) is 27.7 Å². The number of hydrogen-bond donors (Lipinski definition) is 1. The zero-order valence-corrected chi connectivity index (χ0v) is 13.6. The SMILES string of the molecule is Cc1ccc(NC(=O)[C@@H]2[C@@H](C=C(Cl)Cl)C2(C)C)cc1C. The lowest BCUT2D eigenvalue weighted by atomic mass is 10.1. The number of anilines is 1. The van der Waals surface area contributed by atoms with Crippen molar-refractivity contribution < 1.29 is 4.79 Å². The third-order valence-electron chi connectivity index (χ3n) is 4.27. The summed E-state index contributed by atoms with van der Waals surface area (Å²) in [6.07, 6.45) is 1.76. The molecule has 0 heterocycles. The van der Waals surface area contributed by atoms with Crippen LogP contribution in [0, 0.1) is 31.1 Å². The van der Waals surface area contributed by atoms with Crippen LogP contribution >= 0.6 is 23.2 Å². The maximum Gasteiger partial charge on any atom is 0.228 e. The number of aryl methyl sites for hydroxylation is 2. The first-order chi connectivity index (χ1) is 9.23. The molecule has 1 aliphatic carbocycles. The van der Waals surface area contributed by atoms with Crippen molar-refractivity contribution in [3.63, 3.8) is 0 Å². The quantitative estimate of drug-likeness (QED) is 0.850. The molecule has 0 spiro atoms. The van der Waals surface area contributed by atoms with Gasteiger partial charge in [0.25, 0.3) is 0 Å². The molecule has 1 amide bonds. The molecular weight excluding hydrogens is 293 g/mol. The standard InChI is InChI=1S/C16H19Cl2NO/c1-9-5-6-11(7-10(9)2)19-15(20)14-12(8-13(17)18)16(14,3)4/h5-8,12,14H,1-4H3,(H,19,20)/t12-,14+/m1/s1. The molecule has 1 aliphatic rings. The Labute approximate surface area is 130 Å². The maximum atomic E-state index is 12.4. The van der Waals surface area contributed by atoms with E-state index >= 15 is 0 Å². The Bertz CT molecular complexity index is 574. The summed E-state index contributed by atoms with van der Waals surface area (Å²) in [6.45, 7) is 8.18. The molecule has 0 aliphatic heterocycles. The zero-order valence-electron chi connectivity index (χ0n) is 12.1. The number of carbonyl (C=O) groups excluding carboxylic acids is 1. The van der Waals surface area contributed by atoms with Crippen molar-refractivity contribution in [1.29, 1.82) is 0 Å². The highest BCUT2D eigenvalue weighted by molar-refractivity contribution is 6.55. The van der Waals surface area contributed by atoms with Crippen LogP contribution in [0.4, 0.5) is 5.69 Å². The minimum absolute atomic E-state index is 0.0223. The highest BCUT2D eigenvalue weighted by atomic mass is 35.5. The molecule has 1 N–H and O–H groups in total. The number of hydrogen-bond acceptors (Lipinski definition) is 1. The van der Waals surface area contributed by atoms with E-state index in [1.165, 1.54) is 5.56 Å². The molecule has 4 heteroatoms. The Kier molecular flexibility index (Phi) is 4.17. The molecule has 1 saturated carbocycles. The second-order valence-electron chi connectivity index (χ2n) is 6.07. The molecule has 0 unspecified atom stereocenters. The molecular formula is C16H19Cl2NO. The predicted octanol–water partition coefficient (Wildman–Crippen LogP) is 4.83. The lowest BCUT2D eigenvalue weighted by Crippen LogP contribution is -2.17. The summed E-state index contributed by atoms with van der Waals surface area (Å²) < 4.78 is 0.226. The summed E-state index contributed by atoms with van der Waals surface area (Å²) in [5.41, 5.74) is 3.11. The third kappa shape index (κ3) is 3.02.